The second-order valence-corrected chi connectivity index (χ2v) is 5.08. The number of hydrogen-bond acceptors (Lipinski definition) is 4. The summed E-state index contributed by atoms with van der Waals surface area (Å²) in [5.41, 5.74) is -0.724. The molecule has 1 aliphatic rings. The number of nitro groups is 1. The number of nitrogens with one attached hydrogen (secondary N) is 1. The molecule has 0 amide bonds. The maximum atomic E-state index is 13.4. The van der Waals surface area contributed by atoms with Crippen LogP contribution in [0.15, 0.2) is 18.2 Å². The molecule has 1 saturated heterocycles. The highest BCUT2D eigenvalue weighted by molar-refractivity contribution is 5.85. The van der Waals surface area contributed by atoms with Crippen LogP contribution in [-0.2, 0) is 0 Å². The number of nitro benzene ring substituents is 1. The first-order chi connectivity index (χ1) is 10.3. The average molecular weight is 394 g/mol. The summed E-state index contributed by atoms with van der Waals surface area (Å²) in [5.74, 6) is -0.789. The van der Waals surface area contributed by atoms with Crippen LogP contribution in [0.3, 0.4) is 0 Å². The Bertz CT molecular complexity index is 555. The van der Waals surface area contributed by atoms with Crippen molar-refractivity contribution in [1.29, 1.82) is 0 Å². The van der Waals surface area contributed by atoms with Crippen molar-refractivity contribution in [3.63, 3.8) is 0 Å². The molecule has 0 spiro atoms. The highest BCUT2D eigenvalue weighted by atomic mass is 35.5. The van der Waals surface area contributed by atoms with Gasteiger partial charge >= 0.3 is 6.18 Å². The Balaban J connectivity index is 0.00000264. The van der Waals surface area contributed by atoms with Gasteiger partial charge in [0.15, 0.2) is 0 Å². The standard InChI is InChI=1S/C13H15F4N3O2.2ClH/c14-9-1-2-11(20(21)22)10(7-9)12(8-13(15,16)17)19-5-3-18-4-6-19;;/h1-2,7,12,18H,3-6,8H2;2*1H/t12-;;/m0../s1. The van der Waals surface area contributed by atoms with Gasteiger partial charge in [0.1, 0.15) is 5.82 Å². The summed E-state index contributed by atoms with van der Waals surface area (Å²) >= 11 is 0. The minimum absolute atomic E-state index is 0. The fraction of sp³-hybridized carbons (Fsp3) is 0.538. The van der Waals surface area contributed by atoms with Crippen LogP contribution in [0.4, 0.5) is 23.2 Å². The SMILES string of the molecule is Cl.Cl.O=[N+]([O-])c1ccc(F)cc1[C@H](CC(F)(F)F)N1CCNCC1. The van der Waals surface area contributed by atoms with E-state index in [-0.39, 0.29) is 30.4 Å². The first kappa shape index (κ1) is 22.8. The number of hydrogen-bond donors (Lipinski definition) is 1. The molecule has 1 aromatic carbocycles. The summed E-state index contributed by atoms with van der Waals surface area (Å²) in [6.45, 7) is 1.60. The lowest BCUT2D eigenvalue weighted by molar-refractivity contribution is -0.386. The molecule has 24 heavy (non-hydrogen) atoms. The van der Waals surface area contributed by atoms with Gasteiger partial charge in [-0.15, -0.1) is 24.8 Å². The zero-order valence-electron chi connectivity index (χ0n) is 12.4. The quantitative estimate of drug-likeness (QED) is 0.483. The maximum Gasteiger partial charge on any atom is 0.390 e. The van der Waals surface area contributed by atoms with Crippen LogP contribution in [0, 0.1) is 15.9 Å². The molecular weight excluding hydrogens is 377 g/mol. The van der Waals surface area contributed by atoms with Gasteiger partial charge in [0.25, 0.3) is 5.69 Å². The van der Waals surface area contributed by atoms with E-state index in [4.69, 9.17) is 0 Å². The molecule has 1 heterocycles. The normalized spacial score (nSPS) is 16.7. The zero-order valence-corrected chi connectivity index (χ0v) is 14.0. The Morgan fingerprint density at radius 3 is 2.33 bits per heavy atom. The lowest BCUT2D eigenvalue weighted by Crippen LogP contribution is -2.46. The number of rotatable bonds is 4. The molecule has 1 aromatic rings. The van der Waals surface area contributed by atoms with Gasteiger partial charge in [-0.2, -0.15) is 13.2 Å². The van der Waals surface area contributed by atoms with E-state index in [1.165, 1.54) is 4.90 Å². The summed E-state index contributed by atoms with van der Waals surface area (Å²) in [6, 6.07) is 1.36. The summed E-state index contributed by atoms with van der Waals surface area (Å²) in [6.07, 6.45) is -5.76. The molecule has 0 radical (unpaired) electrons. The van der Waals surface area contributed by atoms with Crippen molar-refractivity contribution in [2.24, 2.45) is 0 Å². The number of piperazine rings is 1. The van der Waals surface area contributed by atoms with Crippen molar-refractivity contribution in [1.82, 2.24) is 10.2 Å². The van der Waals surface area contributed by atoms with Gasteiger partial charge in [0.05, 0.1) is 22.9 Å². The van der Waals surface area contributed by atoms with Crippen molar-refractivity contribution < 1.29 is 22.5 Å². The van der Waals surface area contributed by atoms with Gasteiger partial charge in [-0.25, -0.2) is 4.39 Å². The fourth-order valence-corrected chi connectivity index (χ4v) is 2.61. The molecule has 0 unspecified atom stereocenters. The number of alkyl halides is 3. The van der Waals surface area contributed by atoms with Crippen molar-refractivity contribution in [3.8, 4) is 0 Å². The number of benzene rings is 1. The second-order valence-electron chi connectivity index (χ2n) is 5.08. The smallest absolute Gasteiger partial charge is 0.314 e. The molecule has 1 N–H and O–H groups in total. The number of nitrogens with zero attached hydrogens (tertiary/aromatic N) is 2. The molecule has 0 aliphatic carbocycles. The molecule has 1 aliphatic heterocycles. The Kier molecular flexibility index (Phi) is 8.90. The zero-order chi connectivity index (χ0) is 16.3. The van der Waals surface area contributed by atoms with E-state index < -0.39 is 35.1 Å². The van der Waals surface area contributed by atoms with Gasteiger partial charge in [0.2, 0.25) is 0 Å². The highest BCUT2D eigenvalue weighted by Gasteiger charge is 2.38. The minimum Gasteiger partial charge on any atom is -0.314 e. The van der Waals surface area contributed by atoms with Gasteiger partial charge < -0.3 is 5.32 Å². The molecule has 0 bridgehead atoms. The molecule has 2 rings (SSSR count). The van der Waals surface area contributed by atoms with Crippen molar-refractivity contribution in [2.75, 3.05) is 26.2 Å². The maximum absolute atomic E-state index is 13.4. The monoisotopic (exact) mass is 393 g/mol. The molecular formula is C13H17Cl2F4N3O2. The summed E-state index contributed by atoms with van der Waals surface area (Å²) in [5, 5.41) is 14.1. The van der Waals surface area contributed by atoms with Crippen LogP contribution in [-0.4, -0.2) is 42.2 Å². The van der Waals surface area contributed by atoms with E-state index in [0.717, 1.165) is 18.2 Å². The summed E-state index contributed by atoms with van der Waals surface area (Å²) in [7, 11) is 0. The third-order valence-electron chi connectivity index (χ3n) is 3.56. The van der Waals surface area contributed by atoms with Crippen molar-refractivity contribution in [3.05, 3.63) is 39.7 Å². The van der Waals surface area contributed by atoms with Crippen LogP contribution < -0.4 is 5.32 Å². The van der Waals surface area contributed by atoms with Gasteiger partial charge in [-0.05, 0) is 12.1 Å². The van der Waals surface area contributed by atoms with Gasteiger partial charge in [-0.3, -0.25) is 15.0 Å². The van der Waals surface area contributed by atoms with Gasteiger partial charge in [-0.1, -0.05) is 0 Å². The fourth-order valence-electron chi connectivity index (χ4n) is 2.61. The van der Waals surface area contributed by atoms with E-state index in [1.54, 1.807) is 0 Å². The molecule has 0 aromatic heterocycles. The molecule has 5 nitrogen and oxygen atoms in total. The summed E-state index contributed by atoms with van der Waals surface area (Å²) in [4.78, 5) is 11.8. The van der Waals surface area contributed by atoms with E-state index in [1.807, 2.05) is 0 Å². The van der Waals surface area contributed by atoms with Crippen molar-refractivity contribution in [2.45, 2.75) is 18.6 Å². The molecule has 1 fully saturated rings. The summed E-state index contributed by atoms with van der Waals surface area (Å²) < 4.78 is 52.1. The average Bonchev–Trinajstić information content (AvgIpc) is 2.44. The van der Waals surface area contributed by atoms with E-state index in [9.17, 15) is 27.7 Å². The topological polar surface area (TPSA) is 58.4 Å². The lowest BCUT2D eigenvalue weighted by atomic mass is 9.98. The first-order valence-corrected chi connectivity index (χ1v) is 6.73. The van der Waals surface area contributed by atoms with E-state index in [0.29, 0.717) is 26.2 Å². The molecule has 138 valence electrons. The molecule has 1 atom stereocenters. The van der Waals surface area contributed by atoms with Crippen LogP contribution in [0.5, 0.6) is 0 Å². The van der Waals surface area contributed by atoms with Gasteiger partial charge in [0, 0.05) is 32.2 Å². The van der Waals surface area contributed by atoms with E-state index >= 15 is 0 Å². The third-order valence-corrected chi connectivity index (χ3v) is 3.56. The molecule has 0 saturated carbocycles. The lowest BCUT2D eigenvalue weighted by Gasteiger charge is -2.35. The van der Waals surface area contributed by atoms with Crippen molar-refractivity contribution >= 4 is 30.5 Å². The Hall–Kier alpha value is -1.16. The van der Waals surface area contributed by atoms with Crippen LogP contribution in [0.2, 0.25) is 0 Å². The Labute approximate surface area is 148 Å². The molecule has 11 heteroatoms. The van der Waals surface area contributed by atoms with Crippen LogP contribution >= 0.6 is 24.8 Å². The minimum atomic E-state index is -4.50. The van der Waals surface area contributed by atoms with E-state index in [2.05, 4.69) is 5.32 Å². The predicted octanol–water partition coefficient (Wildman–Crippen LogP) is 3.48. The first-order valence-electron chi connectivity index (χ1n) is 6.73. The number of halogens is 6. The Morgan fingerprint density at radius 1 is 1.25 bits per heavy atom. The largest absolute Gasteiger partial charge is 0.390 e. The van der Waals surface area contributed by atoms with Crippen LogP contribution in [0.1, 0.15) is 18.0 Å². The highest BCUT2D eigenvalue weighted by Crippen LogP contribution is 2.38. The predicted molar refractivity (Wildman–Crippen MR) is 85.4 cm³/mol. The third kappa shape index (κ3) is 6.04. The second kappa shape index (κ2) is 9.36. The Morgan fingerprint density at radius 2 is 1.83 bits per heavy atom. The van der Waals surface area contributed by atoms with Crippen LogP contribution in [0.25, 0.3) is 0 Å².